The van der Waals surface area contributed by atoms with Crippen molar-refractivity contribution in [2.24, 2.45) is 5.73 Å². The zero-order chi connectivity index (χ0) is 16.7. The standard InChI is InChI=1S/C13H16F2N6O2/c1-12(2-4-13(14,15)5-3-12)11-18-10(20-23-11)9-17-7-21(19-9)6-8(16)22/h7H,2-6H2,1H3,(H2,16,22). The molecule has 0 saturated heterocycles. The van der Waals surface area contributed by atoms with Crippen molar-refractivity contribution in [3.63, 3.8) is 0 Å². The highest BCUT2D eigenvalue weighted by molar-refractivity contribution is 5.73. The molecule has 1 aliphatic rings. The van der Waals surface area contributed by atoms with Crippen molar-refractivity contribution in [2.75, 3.05) is 0 Å². The summed E-state index contributed by atoms with van der Waals surface area (Å²) in [5.74, 6) is -2.54. The first-order chi connectivity index (χ1) is 10.8. The number of alkyl halides is 2. The maximum atomic E-state index is 13.3. The van der Waals surface area contributed by atoms with Crippen molar-refractivity contribution in [1.82, 2.24) is 24.9 Å². The van der Waals surface area contributed by atoms with E-state index in [4.69, 9.17) is 10.3 Å². The largest absolute Gasteiger partial charge is 0.368 e. The second-order valence-electron chi connectivity index (χ2n) is 6.07. The number of hydrogen-bond acceptors (Lipinski definition) is 6. The van der Waals surface area contributed by atoms with Gasteiger partial charge in [-0.2, -0.15) is 4.98 Å². The number of carbonyl (C=O) groups excluding carboxylic acids is 1. The molecule has 3 rings (SSSR count). The normalized spacial score (nSPS) is 19.6. The van der Waals surface area contributed by atoms with Crippen molar-refractivity contribution < 1.29 is 18.1 Å². The molecule has 0 aliphatic heterocycles. The maximum absolute atomic E-state index is 13.3. The molecule has 2 aromatic heterocycles. The van der Waals surface area contributed by atoms with Gasteiger partial charge >= 0.3 is 0 Å². The summed E-state index contributed by atoms with van der Waals surface area (Å²) in [7, 11) is 0. The third-order valence-electron chi connectivity index (χ3n) is 4.08. The van der Waals surface area contributed by atoms with E-state index in [0.29, 0.717) is 5.89 Å². The third kappa shape index (κ3) is 3.20. The molecule has 2 heterocycles. The van der Waals surface area contributed by atoms with Gasteiger partial charge in [0.2, 0.25) is 29.4 Å². The number of halogens is 2. The van der Waals surface area contributed by atoms with Gasteiger partial charge in [0.15, 0.2) is 0 Å². The first-order valence-corrected chi connectivity index (χ1v) is 7.18. The van der Waals surface area contributed by atoms with Crippen LogP contribution in [0.2, 0.25) is 0 Å². The van der Waals surface area contributed by atoms with Crippen LogP contribution < -0.4 is 5.73 Å². The number of hydrogen-bond donors (Lipinski definition) is 1. The minimum atomic E-state index is -2.63. The first-order valence-electron chi connectivity index (χ1n) is 7.18. The highest BCUT2D eigenvalue weighted by Crippen LogP contribution is 2.44. The van der Waals surface area contributed by atoms with Gasteiger partial charge in [0, 0.05) is 18.3 Å². The Morgan fingerprint density at radius 1 is 1.35 bits per heavy atom. The van der Waals surface area contributed by atoms with E-state index in [-0.39, 0.29) is 43.9 Å². The Morgan fingerprint density at radius 2 is 2.04 bits per heavy atom. The molecule has 0 aromatic carbocycles. The smallest absolute Gasteiger partial charge is 0.248 e. The van der Waals surface area contributed by atoms with Crippen molar-refractivity contribution >= 4 is 5.91 Å². The third-order valence-corrected chi connectivity index (χ3v) is 4.08. The lowest BCUT2D eigenvalue weighted by Crippen LogP contribution is -2.34. The van der Waals surface area contributed by atoms with Crippen LogP contribution in [0.1, 0.15) is 38.5 Å². The minimum Gasteiger partial charge on any atom is -0.368 e. The molecule has 2 N–H and O–H groups in total. The van der Waals surface area contributed by atoms with Crippen LogP contribution in [-0.4, -0.2) is 36.7 Å². The molecular formula is C13H16F2N6O2. The van der Waals surface area contributed by atoms with Gasteiger partial charge < -0.3 is 10.3 Å². The molecule has 23 heavy (non-hydrogen) atoms. The van der Waals surface area contributed by atoms with Gasteiger partial charge in [-0.15, -0.1) is 5.10 Å². The fraction of sp³-hybridized carbons (Fsp3) is 0.615. The predicted octanol–water partition coefficient (Wildman–Crippen LogP) is 1.28. The van der Waals surface area contributed by atoms with Gasteiger partial charge in [-0.1, -0.05) is 12.1 Å². The van der Waals surface area contributed by atoms with Gasteiger partial charge in [-0.05, 0) is 12.8 Å². The SMILES string of the molecule is CC1(c2nc(-c3ncn(CC(N)=O)n3)no2)CCC(F)(F)CC1. The van der Waals surface area contributed by atoms with Crippen LogP contribution in [0.4, 0.5) is 8.78 Å². The summed E-state index contributed by atoms with van der Waals surface area (Å²) >= 11 is 0. The van der Waals surface area contributed by atoms with Crippen LogP contribution in [-0.2, 0) is 16.8 Å². The van der Waals surface area contributed by atoms with Crippen molar-refractivity contribution in [3.05, 3.63) is 12.2 Å². The molecule has 1 fully saturated rings. The monoisotopic (exact) mass is 326 g/mol. The summed E-state index contributed by atoms with van der Waals surface area (Å²) in [5, 5.41) is 7.83. The van der Waals surface area contributed by atoms with Gasteiger partial charge in [0.05, 0.1) is 0 Å². The Bertz CT molecular complexity index is 716. The van der Waals surface area contributed by atoms with E-state index in [1.807, 2.05) is 6.92 Å². The Morgan fingerprint density at radius 3 is 2.70 bits per heavy atom. The number of nitrogens with zero attached hydrogens (tertiary/aromatic N) is 5. The summed E-state index contributed by atoms with van der Waals surface area (Å²) in [6, 6.07) is 0. The molecule has 1 aliphatic carbocycles. The zero-order valence-electron chi connectivity index (χ0n) is 12.5. The first kappa shape index (κ1) is 15.5. The van der Waals surface area contributed by atoms with Crippen molar-refractivity contribution in [1.29, 1.82) is 0 Å². The molecule has 0 radical (unpaired) electrons. The Hall–Kier alpha value is -2.39. The molecule has 1 amide bonds. The van der Waals surface area contributed by atoms with E-state index in [2.05, 4.69) is 20.2 Å². The second kappa shape index (κ2) is 5.36. The fourth-order valence-corrected chi connectivity index (χ4v) is 2.57. The maximum Gasteiger partial charge on any atom is 0.248 e. The van der Waals surface area contributed by atoms with Crippen molar-refractivity contribution in [3.8, 4) is 11.6 Å². The Balaban J connectivity index is 1.78. The van der Waals surface area contributed by atoms with Crippen molar-refractivity contribution in [2.45, 2.75) is 50.5 Å². The molecule has 10 heteroatoms. The highest BCUT2D eigenvalue weighted by Gasteiger charge is 2.44. The molecule has 2 aromatic rings. The number of rotatable bonds is 4. The van der Waals surface area contributed by atoms with Gasteiger partial charge in [-0.3, -0.25) is 4.79 Å². The molecule has 0 unspecified atom stereocenters. The predicted molar refractivity (Wildman–Crippen MR) is 73.3 cm³/mol. The average molecular weight is 326 g/mol. The van der Waals surface area contributed by atoms with E-state index in [9.17, 15) is 13.6 Å². The van der Waals surface area contributed by atoms with E-state index in [0.717, 1.165) is 0 Å². The Kier molecular flexibility index (Phi) is 3.61. The number of primary amides is 1. The van der Waals surface area contributed by atoms with Crippen LogP contribution in [0.25, 0.3) is 11.6 Å². The van der Waals surface area contributed by atoms with Crippen LogP contribution in [0, 0.1) is 0 Å². The summed E-state index contributed by atoms with van der Waals surface area (Å²) < 4.78 is 33.1. The highest BCUT2D eigenvalue weighted by atomic mass is 19.3. The van der Waals surface area contributed by atoms with Crippen LogP contribution in [0.3, 0.4) is 0 Å². The molecular weight excluding hydrogens is 310 g/mol. The zero-order valence-corrected chi connectivity index (χ0v) is 12.5. The Labute approximate surface area is 130 Å². The number of nitrogens with two attached hydrogens (primary N) is 1. The number of carbonyl (C=O) groups is 1. The molecule has 8 nitrogen and oxygen atoms in total. The lowest BCUT2D eigenvalue weighted by atomic mass is 9.74. The molecule has 1 saturated carbocycles. The van der Waals surface area contributed by atoms with Gasteiger partial charge in [0.25, 0.3) is 0 Å². The van der Waals surface area contributed by atoms with E-state index in [1.165, 1.54) is 11.0 Å². The average Bonchev–Trinajstić information content (AvgIpc) is 3.11. The van der Waals surface area contributed by atoms with E-state index < -0.39 is 17.2 Å². The summed E-state index contributed by atoms with van der Waals surface area (Å²) in [5.41, 5.74) is 4.49. The summed E-state index contributed by atoms with van der Waals surface area (Å²) in [6.45, 7) is 1.73. The lowest BCUT2D eigenvalue weighted by molar-refractivity contribution is -0.118. The fourth-order valence-electron chi connectivity index (χ4n) is 2.57. The summed E-state index contributed by atoms with van der Waals surface area (Å²) in [6.07, 6.45) is 1.47. The van der Waals surface area contributed by atoms with E-state index >= 15 is 0 Å². The second-order valence-corrected chi connectivity index (χ2v) is 6.07. The number of amides is 1. The molecule has 124 valence electrons. The number of aromatic nitrogens is 5. The van der Waals surface area contributed by atoms with Crippen LogP contribution in [0.15, 0.2) is 10.9 Å². The molecule has 0 spiro atoms. The molecule has 0 atom stereocenters. The van der Waals surface area contributed by atoms with Gasteiger partial charge in [0.1, 0.15) is 12.9 Å². The lowest BCUT2D eigenvalue weighted by Gasteiger charge is -2.34. The quantitative estimate of drug-likeness (QED) is 0.905. The molecule has 0 bridgehead atoms. The van der Waals surface area contributed by atoms with E-state index in [1.54, 1.807) is 0 Å². The van der Waals surface area contributed by atoms with Gasteiger partial charge in [-0.25, -0.2) is 18.4 Å². The van der Waals surface area contributed by atoms with Crippen LogP contribution >= 0.6 is 0 Å². The minimum absolute atomic E-state index is 0.107. The van der Waals surface area contributed by atoms with Crippen LogP contribution in [0.5, 0.6) is 0 Å². The topological polar surface area (TPSA) is 113 Å². The summed E-state index contributed by atoms with van der Waals surface area (Å²) in [4.78, 5) is 19.1.